The Morgan fingerprint density at radius 2 is 1.68 bits per heavy atom. The van der Waals surface area contributed by atoms with Gasteiger partial charge in [0.05, 0.1) is 22.6 Å². The van der Waals surface area contributed by atoms with Crippen molar-refractivity contribution in [3.8, 4) is 11.3 Å². The van der Waals surface area contributed by atoms with E-state index < -0.39 is 10.1 Å². The lowest BCUT2D eigenvalue weighted by molar-refractivity contribution is 0.484. The first-order valence-electron chi connectivity index (χ1n) is 8.86. The van der Waals surface area contributed by atoms with Gasteiger partial charge < -0.3 is 5.73 Å². The van der Waals surface area contributed by atoms with Gasteiger partial charge in [0.2, 0.25) is 0 Å². The van der Waals surface area contributed by atoms with E-state index in [0.717, 1.165) is 0 Å². The van der Waals surface area contributed by atoms with E-state index in [1.165, 1.54) is 12.3 Å². The van der Waals surface area contributed by atoms with Gasteiger partial charge in [0.25, 0.3) is 10.1 Å². The Kier molecular flexibility index (Phi) is 5.63. The molecule has 0 saturated carbocycles. The molecule has 31 heavy (non-hydrogen) atoms. The average Bonchev–Trinajstić information content (AvgIpc) is 2.73. The standard InChI is InChI=1S/C21H14Cl2N4O3S/c22-12-5-7-16(17(23)9-12)18-8-6-13(11-25-18)26-27-19-10-20(31(28,29)30)14-3-1-2-4-15(14)21(19)24/h1-11H,24H2,(H,28,29,30)/b27-26+. The Balaban J connectivity index is 1.71. The molecule has 4 rings (SSSR count). The number of aromatic nitrogens is 1. The zero-order chi connectivity index (χ0) is 22.2. The smallest absolute Gasteiger partial charge is 0.295 e. The lowest BCUT2D eigenvalue weighted by Crippen LogP contribution is -2.01. The highest BCUT2D eigenvalue weighted by Gasteiger charge is 2.18. The fraction of sp³-hybridized carbons (Fsp3) is 0. The van der Waals surface area contributed by atoms with E-state index in [1.54, 1.807) is 54.6 Å². The zero-order valence-electron chi connectivity index (χ0n) is 15.7. The van der Waals surface area contributed by atoms with Crippen LogP contribution < -0.4 is 5.73 Å². The van der Waals surface area contributed by atoms with Crippen LogP contribution in [0.2, 0.25) is 10.0 Å². The number of fused-ring (bicyclic) bond motifs is 1. The number of nitrogens with zero attached hydrogens (tertiary/aromatic N) is 3. The van der Waals surface area contributed by atoms with Gasteiger partial charge in [-0.25, -0.2) is 0 Å². The van der Waals surface area contributed by atoms with Crippen LogP contribution in [0.1, 0.15) is 0 Å². The quantitative estimate of drug-likeness (QED) is 0.201. The normalized spacial score (nSPS) is 12.0. The highest BCUT2D eigenvalue weighted by atomic mass is 35.5. The Morgan fingerprint density at radius 3 is 2.32 bits per heavy atom. The van der Waals surface area contributed by atoms with Crippen LogP contribution in [-0.4, -0.2) is 18.0 Å². The molecule has 0 bridgehead atoms. The van der Waals surface area contributed by atoms with Crippen LogP contribution in [-0.2, 0) is 10.1 Å². The monoisotopic (exact) mass is 472 g/mol. The lowest BCUT2D eigenvalue weighted by atomic mass is 10.1. The Labute approximate surface area is 187 Å². The molecular formula is C21H14Cl2N4O3S. The number of halogens is 2. The minimum atomic E-state index is -4.49. The Hall–Kier alpha value is -3.04. The topological polar surface area (TPSA) is 118 Å². The molecule has 0 unspecified atom stereocenters. The van der Waals surface area contributed by atoms with E-state index >= 15 is 0 Å². The number of benzene rings is 3. The summed E-state index contributed by atoms with van der Waals surface area (Å²) in [6.07, 6.45) is 1.49. The summed E-state index contributed by atoms with van der Waals surface area (Å²) in [7, 11) is -4.49. The highest BCUT2D eigenvalue weighted by Crippen LogP contribution is 2.37. The van der Waals surface area contributed by atoms with Gasteiger partial charge >= 0.3 is 0 Å². The second kappa shape index (κ2) is 8.24. The fourth-order valence-electron chi connectivity index (χ4n) is 3.06. The van der Waals surface area contributed by atoms with Crippen molar-refractivity contribution in [2.45, 2.75) is 4.90 Å². The van der Waals surface area contributed by atoms with Crippen molar-refractivity contribution in [1.82, 2.24) is 4.98 Å². The lowest BCUT2D eigenvalue weighted by Gasteiger charge is -2.09. The highest BCUT2D eigenvalue weighted by molar-refractivity contribution is 7.86. The fourth-order valence-corrected chi connectivity index (χ4v) is 4.28. The number of azo groups is 1. The number of hydrogen-bond donors (Lipinski definition) is 2. The van der Waals surface area contributed by atoms with E-state index in [9.17, 15) is 13.0 Å². The van der Waals surface area contributed by atoms with Gasteiger partial charge in [-0.15, -0.1) is 10.2 Å². The predicted molar refractivity (Wildman–Crippen MR) is 122 cm³/mol. The van der Waals surface area contributed by atoms with E-state index in [0.29, 0.717) is 37.8 Å². The maximum absolute atomic E-state index is 11.8. The summed E-state index contributed by atoms with van der Waals surface area (Å²) in [6.45, 7) is 0. The molecule has 4 aromatic rings. The molecule has 0 amide bonds. The molecule has 0 atom stereocenters. The molecule has 0 saturated heterocycles. The van der Waals surface area contributed by atoms with E-state index in [-0.39, 0.29) is 16.3 Å². The molecule has 10 heteroatoms. The van der Waals surface area contributed by atoms with Gasteiger partial charge in [0.15, 0.2) is 0 Å². The molecule has 0 radical (unpaired) electrons. The molecule has 7 nitrogen and oxygen atoms in total. The maximum atomic E-state index is 11.8. The summed E-state index contributed by atoms with van der Waals surface area (Å²) in [5.41, 5.74) is 8.25. The SMILES string of the molecule is Nc1c(/N=N/c2ccc(-c3ccc(Cl)cc3Cl)nc2)cc(S(=O)(=O)O)c2ccccc12. The van der Waals surface area contributed by atoms with Crippen LogP contribution in [0.25, 0.3) is 22.0 Å². The number of rotatable bonds is 4. The van der Waals surface area contributed by atoms with Crippen LogP contribution >= 0.6 is 23.2 Å². The molecule has 156 valence electrons. The van der Waals surface area contributed by atoms with Crippen molar-refractivity contribution >= 4 is 61.2 Å². The number of pyridine rings is 1. The molecular weight excluding hydrogens is 459 g/mol. The third kappa shape index (κ3) is 4.38. The van der Waals surface area contributed by atoms with Gasteiger partial charge in [-0.1, -0.05) is 47.5 Å². The van der Waals surface area contributed by atoms with Crippen molar-refractivity contribution in [2.24, 2.45) is 10.2 Å². The Bertz CT molecular complexity index is 1440. The summed E-state index contributed by atoms with van der Waals surface area (Å²) < 4.78 is 33.2. The summed E-state index contributed by atoms with van der Waals surface area (Å²) in [4.78, 5) is 4.04. The van der Waals surface area contributed by atoms with Crippen LogP contribution in [0, 0.1) is 0 Å². The van der Waals surface area contributed by atoms with Gasteiger partial charge in [0.1, 0.15) is 16.3 Å². The van der Waals surface area contributed by atoms with Gasteiger partial charge in [-0.2, -0.15) is 8.42 Å². The second-order valence-corrected chi connectivity index (χ2v) is 8.79. The molecule has 0 spiro atoms. The average molecular weight is 473 g/mol. The number of hydrogen-bond acceptors (Lipinski definition) is 6. The van der Waals surface area contributed by atoms with Gasteiger partial charge in [-0.3, -0.25) is 9.54 Å². The minimum Gasteiger partial charge on any atom is -0.396 e. The van der Waals surface area contributed by atoms with E-state index in [4.69, 9.17) is 28.9 Å². The molecule has 0 aliphatic rings. The van der Waals surface area contributed by atoms with Gasteiger partial charge in [-0.05, 0) is 36.4 Å². The first kappa shape index (κ1) is 21.2. The van der Waals surface area contributed by atoms with Crippen molar-refractivity contribution in [2.75, 3.05) is 5.73 Å². The number of anilines is 1. The van der Waals surface area contributed by atoms with Crippen molar-refractivity contribution in [1.29, 1.82) is 0 Å². The van der Waals surface area contributed by atoms with Crippen LogP contribution in [0.15, 0.2) is 82.0 Å². The van der Waals surface area contributed by atoms with Gasteiger partial charge in [0, 0.05) is 21.4 Å². The summed E-state index contributed by atoms with van der Waals surface area (Å²) in [5, 5.41) is 9.90. The zero-order valence-corrected chi connectivity index (χ0v) is 18.0. The molecule has 1 aromatic heterocycles. The second-order valence-electron chi connectivity index (χ2n) is 6.55. The molecule has 0 aliphatic carbocycles. The van der Waals surface area contributed by atoms with E-state index in [2.05, 4.69) is 15.2 Å². The first-order chi connectivity index (χ1) is 14.7. The van der Waals surface area contributed by atoms with E-state index in [1.807, 2.05) is 0 Å². The molecule has 3 aromatic carbocycles. The summed E-state index contributed by atoms with van der Waals surface area (Å²) >= 11 is 12.1. The van der Waals surface area contributed by atoms with Crippen LogP contribution in [0.3, 0.4) is 0 Å². The number of nitrogen functional groups attached to an aromatic ring is 1. The summed E-state index contributed by atoms with van der Waals surface area (Å²) in [6, 6.07) is 16.2. The molecule has 3 N–H and O–H groups in total. The van der Waals surface area contributed by atoms with Crippen molar-refractivity contribution in [3.63, 3.8) is 0 Å². The Morgan fingerprint density at radius 1 is 0.935 bits per heavy atom. The minimum absolute atomic E-state index is 0.108. The molecule has 1 heterocycles. The van der Waals surface area contributed by atoms with Crippen molar-refractivity contribution in [3.05, 3.63) is 76.9 Å². The largest absolute Gasteiger partial charge is 0.396 e. The third-order valence-corrected chi connectivity index (χ3v) is 5.97. The number of nitrogens with two attached hydrogens (primary N) is 1. The van der Waals surface area contributed by atoms with Crippen LogP contribution in [0.4, 0.5) is 17.1 Å². The molecule has 0 aliphatic heterocycles. The predicted octanol–water partition coefficient (Wildman–Crippen LogP) is 6.45. The third-order valence-electron chi connectivity index (χ3n) is 4.53. The summed E-state index contributed by atoms with van der Waals surface area (Å²) in [5.74, 6) is 0. The van der Waals surface area contributed by atoms with Crippen LogP contribution in [0.5, 0.6) is 0 Å². The maximum Gasteiger partial charge on any atom is 0.295 e. The van der Waals surface area contributed by atoms with Crippen molar-refractivity contribution < 1.29 is 13.0 Å². The molecule has 0 fully saturated rings. The first-order valence-corrected chi connectivity index (χ1v) is 11.1.